The Labute approximate surface area is 167 Å². The third-order valence-electron chi connectivity index (χ3n) is 5.16. The van der Waals surface area contributed by atoms with Gasteiger partial charge in [-0.05, 0) is 25.7 Å². The van der Waals surface area contributed by atoms with E-state index in [-0.39, 0.29) is 24.2 Å². The maximum Gasteiger partial charge on any atom is 0.225 e. The number of unbranched alkanes of at least 4 members (excludes halogenated alkanes) is 4. The van der Waals surface area contributed by atoms with Crippen LogP contribution < -0.4 is 0 Å². The lowest BCUT2D eigenvalue weighted by atomic mass is 9.94. The van der Waals surface area contributed by atoms with E-state index in [1.54, 1.807) is 0 Å². The molecule has 0 N–H and O–H groups in total. The first-order valence-corrected chi connectivity index (χ1v) is 11.3. The summed E-state index contributed by atoms with van der Waals surface area (Å²) in [6, 6.07) is -0.0434. The van der Waals surface area contributed by atoms with Crippen LogP contribution in [-0.2, 0) is 19.0 Å². The van der Waals surface area contributed by atoms with Crippen molar-refractivity contribution >= 4 is 5.91 Å². The number of amides is 1. The summed E-state index contributed by atoms with van der Waals surface area (Å²) in [5.41, 5.74) is 0. The molecule has 1 rings (SSSR count). The molecule has 0 radical (unpaired) electrons. The van der Waals surface area contributed by atoms with E-state index in [0.717, 1.165) is 71.1 Å². The van der Waals surface area contributed by atoms with Crippen LogP contribution >= 0.6 is 0 Å². The predicted octanol–water partition coefficient (Wildman–Crippen LogP) is 4.57. The molecule has 27 heavy (non-hydrogen) atoms. The molecule has 160 valence electrons. The van der Waals surface area contributed by atoms with Crippen molar-refractivity contribution in [1.29, 1.82) is 0 Å². The number of likely N-dealkylation sites (tertiary alicyclic amines) is 1. The molecule has 1 heterocycles. The lowest BCUT2D eigenvalue weighted by Gasteiger charge is -2.44. The third-order valence-corrected chi connectivity index (χ3v) is 5.16. The number of rotatable bonds is 16. The monoisotopic (exact) mass is 385 g/mol. The fourth-order valence-electron chi connectivity index (χ4n) is 3.38. The molecule has 0 bridgehead atoms. The van der Waals surface area contributed by atoms with Crippen molar-refractivity contribution in [2.75, 3.05) is 33.0 Å². The molecule has 5 nitrogen and oxygen atoms in total. The van der Waals surface area contributed by atoms with E-state index in [1.165, 1.54) is 0 Å². The maximum absolute atomic E-state index is 12.9. The van der Waals surface area contributed by atoms with Gasteiger partial charge in [0.1, 0.15) is 6.10 Å². The van der Waals surface area contributed by atoms with E-state index in [4.69, 9.17) is 14.2 Å². The molecule has 5 heteroatoms. The Kier molecular flexibility index (Phi) is 13.8. The Morgan fingerprint density at radius 1 is 0.852 bits per heavy atom. The first-order valence-electron chi connectivity index (χ1n) is 11.3. The van der Waals surface area contributed by atoms with E-state index < -0.39 is 0 Å². The molecule has 0 aliphatic carbocycles. The smallest absolute Gasteiger partial charge is 0.225 e. The molecule has 1 aliphatic heterocycles. The molecule has 0 aromatic rings. The largest absolute Gasteiger partial charge is 0.379 e. The molecule has 0 aromatic heterocycles. The Balaban J connectivity index is 2.86. The highest BCUT2D eigenvalue weighted by Crippen LogP contribution is 2.26. The van der Waals surface area contributed by atoms with Crippen LogP contribution in [0.4, 0.5) is 0 Å². The van der Waals surface area contributed by atoms with Gasteiger partial charge in [0, 0.05) is 26.4 Å². The summed E-state index contributed by atoms with van der Waals surface area (Å²) in [7, 11) is 0. The van der Waals surface area contributed by atoms with Crippen molar-refractivity contribution in [2.45, 2.75) is 104 Å². The topological polar surface area (TPSA) is 48.0 Å². The molecule has 1 amide bonds. The Morgan fingerprint density at radius 2 is 1.44 bits per heavy atom. The summed E-state index contributed by atoms with van der Waals surface area (Å²) in [5, 5.41) is 0. The summed E-state index contributed by atoms with van der Waals surface area (Å²) < 4.78 is 18.4. The molecular weight excluding hydrogens is 342 g/mol. The number of carbonyl (C=O) groups excluding carboxylic acids is 1. The molecular formula is C22H43NO4. The predicted molar refractivity (Wildman–Crippen MR) is 110 cm³/mol. The number of ether oxygens (including phenoxy) is 3. The van der Waals surface area contributed by atoms with Crippen LogP contribution in [0.2, 0.25) is 0 Å². The normalized spacial score (nSPS) is 23.2. The zero-order chi connectivity index (χ0) is 19.9. The summed E-state index contributed by atoms with van der Waals surface area (Å²) in [5.74, 6) is 0.185. The number of piperidine rings is 1. The van der Waals surface area contributed by atoms with E-state index in [1.807, 2.05) is 4.90 Å². The molecule has 1 fully saturated rings. The van der Waals surface area contributed by atoms with Crippen LogP contribution in [0.3, 0.4) is 0 Å². The molecule has 0 aromatic carbocycles. The summed E-state index contributed by atoms with van der Waals surface area (Å²) >= 11 is 0. The van der Waals surface area contributed by atoms with Crippen molar-refractivity contribution in [1.82, 2.24) is 4.90 Å². The fourth-order valence-corrected chi connectivity index (χ4v) is 3.38. The van der Waals surface area contributed by atoms with Gasteiger partial charge < -0.3 is 19.1 Å². The van der Waals surface area contributed by atoms with Gasteiger partial charge in [-0.1, -0.05) is 53.4 Å². The summed E-state index contributed by atoms with van der Waals surface area (Å²) in [6.45, 7) is 12.1. The summed E-state index contributed by atoms with van der Waals surface area (Å²) in [4.78, 5) is 14.9. The minimum Gasteiger partial charge on any atom is -0.379 e. The fraction of sp³-hybridized carbons (Fsp3) is 0.955. The number of hydrogen-bond donors (Lipinski definition) is 0. The molecule has 3 unspecified atom stereocenters. The number of hydrogen-bond acceptors (Lipinski definition) is 4. The average molecular weight is 386 g/mol. The van der Waals surface area contributed by atoms with Crippen LogP contribution in [0.25, 0.3) is 0 Å². The summed E-state index contributed by atoms with van der Waals surface area (Å²) in [6.07, 6.45) is 8.67. The van der Waals surface area contributed by atoms with Gasteiger partial charge in [0.25, 0.3) is 0 Å². The van der Waals surface area contributed by atoms with Crippen molar-refractivity contribution in [3.05, 3.63) is 0 Å². The third kappa shape index (κ3) is 8.93. The first kappa shape index (κ1) is 24.4. The second-order valence-electron chi connectivity index (χ2n) is 7.59. The van der Waals surface area contributed by atoms with E-state index >= 15 is 0 Å². The van der Waals surface area contributed by atoms with Crippen LogP contribution in [0.15, 0.2) is 0 Å². The van der Waals surface area contributed by atoms with Gasteiger partial charge in [-0.15, -0.1) is 0 Å². The van der Waals surface area contributed by atoms with Gasteiger partial charge in [0.15, 0.2) is 0 Å². The SMILES string of the molecule is CCCCOCC1C(OCCCC)C(OCCCC)CC(=O)N1CCCC. The lowest BCUT2D eigenvalue weighted by Crippen LogP contribution is -2.60. The first-order chi connectivity index (χ1) is 13.2. The van der Waals surface area contributed by atoms with E-state index in [9.17, 15) is 4.79 Å². The lowest BCUT2D eigenvalue weighted by molar-refractivity contribution is -0.173. The van der Waals surface area contributed by atoms with Gasteiger partial charge in [-0.2, -0.15) is 0 Å². The number of carbonyl (C=O) groups is 1. The van der Waals surface area contributed by atoms with Gasteiger partial charge in [-0.3, -0.25) is 4.79 Å². The van der Waals surface area contributed by atoms with Crippen LogP contribution in [0.1, 0.15) is 85.5 Å². The minimum absolute atomic E-state index is 0.0434. The van der Waals surface area contributed by atoms with Gasteiger partial charge in [-0.25, -0.2) is 0 Å². The van der Waals surface area contributed by atoms with Crippen molar-refractivity contribution in [2.24, 2.45) is 0 Å². The highest BCUT2D eigenvalue weighted by molar-refractivity contribution is 5.78. The Hall–Kier alpha value is -0.650. The van der Waals surface area contributed by atoms with Crippen molar-refractivity contribution in [3.63, 3.8) is 0 Å². The van der Waals surface area contributed by atoms with Gasteiger partial charge in [0.05, 0.1) is 25.2 Å². The average Bonchev–Trinajstić information content (AvgIpc) is 2.66. The maximum atomic E-state index is 12.9. The van der Waals surface area contributed by atoms with Crippen LogP contribution in [-0.4, -0.2) is 62.0 Å². The molecule has 0 saturated carbocycles. The highest BCUT2D eigenvalue weighted by atomic mass is 16.5. The highest BCUT2D eigenvalue weighted by Gasteiger charge is 2.43. The zero-order valence-corrected chi connectivity index (χ0v) is 18.2. The Morgan fingerprint density at radius 3 is 2.07 bits per heavy atom. The second-order valence-corrected chi connectivity index (χ2v) is 7.59. The molecule has 1 saturated heterocycles. The van der Waals surface area contributed by atoms with Crippen molar-refractivity contribution < 1.29 is 19.0 Å². The zero-order valence-electron chi connectivity index (χ0n) is 18.2. The van der Waals surface area contributed by atoms with Crippen LogP contribution in [0, 0.1) is 0 Å². The van der Waals surface area contributed by atoms with Crippen molar-refractivity contribution in [3.8, 4) is 0 Å². The quantitative estimate of drug-likeness (QED) is 0.365. The second kappa shape index (κ2) is 15.3. The van der Waals surface area contributed by atoms with E-state index in [2.05, 4.69) is 27.7 Å². The van der Waals surface area contributed by atoms with Gasteiger partial charge in [0.2, 0.25) is 5.91 Å². The molecule has 1 aliphatic rings. The molecule has 3 atom stereocenters. The standard InChI is InChI=1S/C22H43NO4/c1-5-9-13-23-19(18-25-14-10-6-2)22(27-16-12-8-4)20(17-21(23)24)26-15-11-7-3/h19-20,22H,5-18H2,1-4H3. The number of nitrogens with zero attached hydrogens (tertiary/aromatic N) is 1. The van der Waals surface area contributed by atoms with E-state index in [0.29, 0.717) is 19.6 Å². The van der Waals surface area contributed by atoms with Crippen LogP contribution in [0.5, 0.6) is 0 Å². The minimum atomic E-state index is -0.154. The van der Waals surface area contributed by atoms with Gasteiger partial charge >= 0.3 is 0 Å². The molecule has 0 spiro atoms. The Bertz CT molecular complexity index is 377.